The first kappa shape index (κ1) is 9.94. The Balaban J connectivity index is 2.29. The molecule has 15 heavy (non-hydrogen) atoms. The molecule has 2 rings (SSSR count). The number of fused-ring (bicyclic) bond motifs is 1. The summed E-state index contributed by atoms with van der Waals surface area (Å²) in [6.45, 7) is 3.26. The fourth-order valence-corrected chi connectivity index (χ4v) is 1.91. The van der Waals surface area contributed by atoms with Crippen LogP contribution in [0.2, 0.25) is 0 Å². The van der Waals surface area contributed by atoms with Crippen LogP contribution >= 0.6 is 0 Å². The van der Waals surface area contributed by atoms with Crippen molar-refractivity contribution in [1.82, 2.24) is 0 Å². The molecule has 1 aromatic carbocycles. The van der Waals surface area contributed by atoms with E-state index in [1.54, 1.807) is 6.08 Å². The molecule has 0 fully saturated rings. The first-order valence-corrected chi connectivity index (χ1v) is 5.08. The van der Waals surface area contributed by atoms with Crippen molar-refractivity contribution >= 4 is 6.08 Å². The molecule has 0 aromatic heterocycles. The van der Waals surface area contributed by atoms with Crippen molar-refractivity contribution < 1.29 is 9.53 Å². The molecule has 1 unspecified atom stereocenters. The number of benzene rings is 1. The predicted molar refractivity (Wildman–Crippen MR) is 57.0 cm³/mol. The zero-order valence-electron chi connectivity index (χ0n) is 8.69. The van der Waals surface area contributed by atoms with Gasteiger partial charge in [0.15, 0.2) is 0 Å². The summed E-state index contributed by atoms with van der Waals surface area (Å²) in [5.74, 6) is 1.24. The molecule has 0 saturated carbocycles. The Morgan fingerprint density at radius 3 is 3.27 bits per heavy atom. The number of isocyanates is 1. The van der Waals surface area contributed by atoms with Gasteiger partial charge in [-0.25, -0.2) is 9.79 Å². The lowest BCUT2D eigenvalue weighted by atomic mass is 9.92. The molecular formula is C12H13NO2. The van der Waals surface area contributed by atoms with E-state index in [4.69, 9.17) is 4.74 Å². The summed E-state index contributed by atoms with van der Waals surface area (Å²) in [6.07, 6.45) is 2.51. The van der Waals surface area contributed by atoms with E-state index in [0.717, 1.165) is 17.7 Å². The first-order valence-electron chi connectivity index (χ1n) is 5.08. The summed E-state index contributed by atoms with van der Waals surface area (Å²) in [5, 5.41) is 0. The van der Waals surface area contributed by atoms with Crippen molar-refractivity contribution in [2.75, 3.05) is 13.2 Å². The minimum absolute atomic E-state index is 0.302. The molecule has 0 radical (unpaired) electrons. The number of carbonyl (C=O) groups excluding carboxylic acids is 1. The molecule has 1 aromatic rings. The number of rotatable bonds is 2. The van der Waals surface area contributed by atoms with Gasteiger partial charge in [-0.05, 0) is 30.5 Å². The van der Waals surface area contributed by atoms with Crippen LogP contribution < -0.4 is 4.74 Å². The van der Waals surface area contributed by atoms with Gasteiger partial charge in [-0.3, -0.25) is 0 Å². The van der Waals surface area contributed by atoms with E-state index < -0.39 is 0 Å². The van der Waals surface area contributed by atoms with Crippen LogP contribution in [0.4, 0.5) is 0 Å². The van der Waals surface area contributed by atoms with Crippen LogP contribution in [0.15, 0.2) is 23.2 Å². The Labute approximate surface area is 88.8 Å². The van der Waals surface area contributed by atoms with Gasteiger partial charge in [0.1, 0.15) is 5.75 Å². The fraction of sp³-hybridized carbons (Fsp3) is 0.417. The lowest BCUT2D eigenvalue weighted by Gasteiger charge is -2.24. The summed E-state index contributed by atoms with van der Waals surface area (Å²) in [6, 6.07) is 6.16. The number of hydrogen-bond acceptors (Lipinski definition) is 3. The molecule has 0 spiro atoms. The summed E-state index contributed by atoms with van der Waals surface area (Å²) < 4.78 is 5.57. The van der Waals surface area contributed by atoms with Crippen molar-refractivity contribution in [1.29, 1.82) is 0 Å². The smallest absolute Gasteiger partial charge is 0.234 e. The third kappa shape index (κ3) is 2.08. The highest BCUT2D eigenvalue weighted by Crippen LogP contribution is 2.34. The highest BCUT2D eigenvalue weighted by molar-refractivity contribution is 5.41. The Hall–Kier alpha value is -1.60. The van der Waals surface area contributed by atoms with E-state index in [9.17, 15) is 4.79 Å². The molecule has 1 heterocycles. The molecule has 0 amide bonds. The molecule has 0 bridgehead atoms. The zero-order chi connectivity index (χ0) is 10.7. The molecular weight excluding hydrogens is 190 g/mol. The second-order valence-electron chi connectivity index (χ2n) is 3.81. The topological polar surface area (TPSA) is 38.7 Å². The van der Waals surface area contributed by atoms with Crippen molar-refractivity contribution in [2.45, 2.75) is 19.3 Å². The average molecular weight is 203 g/mol. The number of aryl methyl sites for hydroxylation is 1. The van der Waals surface area contributed by atoms with Crippen molar-refractivity contribution in [3.63, 3.8) is 0 Å². The van der Waals surface area contributed by atoms with E-state index in [-0.39, 0.29) is 0 Å². The van der Waals surface area contributed by atoms with Gasteiger partial charge in [0.25, 0.3) is 0 Å². The fourth-order valence-electron chi connectivity index (χ4n) is 1.91. The van der Waals surface area contributed by atoms with Gasteiger partial charge in [0.2, 0.25) is 6.08 Å². The minimum atomic E-state index is 0.302. The SMILES string of the molecule is Cc1ccc2c(c1)OCCC2CN=C=O. The molecule has 3 heteroatoms. The lowest BCUT2D eigenvalue weighted by Crippen LogP contribution is -2.16. The summed E-state index contributed by atoms with van der Waals surface area (Å²) in [7, 11) is 0. The van der Waals surface area contributed by atoms with Crippen LogP contribution in [0, 0.1) is 6.92 Å². The van der Waals surface area contributed by atoms with E-state index in [1.165, 1.54) is 5.56 Å². The van der Waals surface area contributed by atoms with Crippen LogP contribution in [0.5, 0.6) is 5.75 Å². The third-order valence-electron chi connectivity index (χ3n) is 2.71. The second kappa shape index (κ2) is 4.28. The Kier molecular flexibility index (Phi) is 2.84. The van der Waals surface area contributed by atoms with E-state index in [0.29, 0.717) is 19.1 Å². The number of aliphatic imine (C=N–C) groups is 1. The first-order chi connectivity index (χ1) is 7.31. The summed E-state index contributed by atoms with van der Waals surface area (Å²) in [5.41, 5.74) is 2.35. The lowest BCUT2D eigenvalue weighted by molar-refractivity contribution is 0.268. The number of ether oxygens (including phenoxy) is 1. The van der Waals surface area contributed by atoms with Gasteiger partial charge in [0, 0.05) is 5.92 Å². The second-order valence-corrected chi connectivity index (χ2v) is 3.81. The monoisotopic (exact) mass is 203 g/mol. The molecule has 1 aliphatic heterocycles. The van der Waals surface area contributed by atoms with Gasteiger partial charge < -0.3 is 4.74 Å². The maximum Gasteiger partial charge on any atom is 0.234 e. The quantitative estimate of drug-likeness (QED) is 0.546. The molecule has 3 nitrogen and oxygen atoms in total. The third-order valence-corrected chi connectivity index (χ3v) is 2.71. The predicted octanol–water partition coefficient (Wildman–Crippen LogP) is 2.20. The van der Waals surface area contributed by atoms with Crippen LogP contribution in [0.25, 0.3) is 0 Å². The van der Waals surface area contributed by atoms with E-state index >= 15 is 0 Å². The average Bonchev–Trinajstić information content (AvgIpc) is 2.25. The van der Waals surface area contributed by atoms with Crippen LogP contribution in [0.1, 0.15) is 23.5 Å². The highest BCUT2D eigenvalue weighted by Gasteiger charge is 2.20. The molecule has 0 saturated heterocycles. The van der Waals surface area contributed by atoms with Gasteiger partial charge in [-0.1, -0.05) is 12.1 Å². The van der Waals surface area contributed by atoms with Crippen LogP contribution in [-0.4, -0.2) is 19.2 Å². The Morgan fingerprint density at radius 1 is 1.60 bits per heavy atom. The molecule has 0 N–H and O–H groups in total. The van der Waals surface area contributed by atoms with Crippen LogP contribution in [-0.2, 0) is 4.79 Å². The van der Waals surface area contributed by atoms with Gasteiger partial charge in [0.05, 0.1) is 13.2 Å². The van der Waals surface area contributed by atoms with Crippen molar-refractivity contribution in [3.05, 3.63) is 29.3 Å². The maximum atomic E-state index is 10.1. The standard InChI is InChI=1S/C12H13NO2/c1-9-2-3-11-10(7-13-8-14)4-5-15-12(11)6-9/h2-3,6,10H,4-5,7H2,1H3. The Bertz CT molecular complexity index is 408. The van der Waals surface area contributed by atoms with Crippen molar-refractivity contribution in [2.24, 2.45) is 4.99 Å². The minimum Gasteiger partial charge on any atom is -0.493 e. The van der Waals surface area contributed by atoms with Gasteiger partial charge >= 0.3 is 0 Å². The summed E-state index contributed by atoms with van der Waals surface area (Å²) >= 11 is 0. The number of hydrogen-bond donors (Lipinski definition) is 0. The van der Waals surface area contributed by atoms with Gasteiger partial charge in [-0.15, -0.1) is 0 Å². The zero-order valence-corrected chi connectivity index (χ0v) is 8.69. The maximum absolute atomic E-state index is 10.1. The highest BCUT2D eigenvalue weighted by atomic mass is 16.5. The van der Waals surface area contributed by atoms with Crippen molar-refractivity contribution in [3.8, 4) is 5.75 Å². The molecule has 1 aliphatic rings. The molecule has 1 atom stereocenters. The summed E-state index contributed by atoms with van der Waals surface area (Å²) in [4.78, 5) is 13.7. The largest absolute Gasteiger partial charge is 0.493 e. The van der Waals surface area contributed by atoms with Gasteiger partial charge in [-0.2, -0.15) is 0 Å². The van der Waals surface area contributed by atoms with Crippen LogP contribution in [0.3, 0.4) is 0 Å². The van der Waals surface area contributed by atoms with E-state index in [2.05, 4.69) is 17.1 Å². The van der Waals surface area contributed by atoms with E-state index in [1.807, 2.05) is 13.0 Å². The molecule has 0 aliphatic carbocycles. The normalized spacial score (nSPS) is 18.6. The number of nitrogens with zero attached hydrogens (tertiary/aromatic N) is 1. The molecule has 78 valence electrons. The Morgan fingerprint density at radius 2 is 2.47 bits per heavy atom.